The smallest absolute Gasteiger partial charge is 0.249 e. The number of hydrogen-bond acceptors (Lipinski definition) is 3. The summed E-state index contributed by atoms with van der Waals surface area (Å²) in [6.45, 7) is 7.36. The van der Waals surface area contributed by atoms with Crippen LogP contribution in [0, 0.1) is 0 Å². The predicted octanol–water partition coefficient (Wildman–Crippen LogP) is 6.39. The molecule has 0 spiro atoms. The Kier molecular flexibility index (Phi) is 27.6. The molecule has 5 heteroatoms. The molecule has 0 aromatic heterocycles. The van der Waals surface area contributed by atoms with Gasteiger partial charge in [0.2, 0.25) is 6.16 Å². The molecule has 0 saturated carbocycles. The lowest BCUT2D eigenvalue weighted by Crippen LogP contribution is -2.41. The Morgan fingerprint density at radius 3 is 1.11 bits per heavy atom. The van der Waals surface area contributed by atoms with Crippen LogP contribution in [-0.2, 0) is 0 Å². The van der Waals surface area contributed by atoms with Crippen LogP contribution in [0.3, 0.4) is 0 Å². The monoisotopic (exact) mass is 404 g/mol. The van der Waals surface area contributed by atoms with E-state index in [0.717, 1.165) is 0 Å². The van der Waals surface area contributed by atoms with E-state index in [2.05, 4.69) is 27.9 Å². The van der Waals surface area contributed by atoms with Crippen molar-refractivity contribution in [1.82, 2.24) is 6.15 Å². The third-order valence-electron chi connectivity index (χ3n) is 5.23. The molecule has 0 aliphatic carbocycles. The highest BCUT2D eigenvalue weighted by Crippen LogP contribution is 2.13. The van der Waals surface area contributed by atoms with Crippen LogP contribution >= 0.6 is 0 Å². The van der Waals surface area contributed by atoms with Gasteiger partial charge in [0, 0.05) is 0 Å². The molecular formula is C23H52N2O3. The lowest BCUT2D eigenvalue weighted by atomic mass is 10.1. The Morgan fingerprint density at radius 1 is 0.643 bits per heavy atom. The number of carboxylic acid groups (broad SMARTS) is 2. The van der Waals surface area contributed by atoms with Crippen LogP contribution in [0.15, 0.2) is 0 Å². The summed E-state index contributed by atoms with van der Waals surface area (Å²) >= 11 is 0. The van der Waals surface area contributed by atoms with E-state index < -0.39 is 6.16 Å². The van der Waals surface area contributed by atoms with Gasteiger partial charge in [-0.25, -0.2) is 0 Å². The van der Waals surface area contributed by atoms with E-state index in [-0.39, 0.29) is 6.15 Å². The molecule has 0 bridgehead atoms. The minimum atomic E-state index is -2.08. The normalized spacial score (nSPS) is 10.7. The third kappa shape index (κ3) is 32.8. The zero-order valence-corrected chi connectivity index (χ0v) is 19.6. The zero-order valence-electron chi connectivity index (χ0n) is 19.6. The van der Waals surface area contributed by atoms with Crippen LogP contribution < -0.4 is 11.3 Å². The number of carbonyl (C=O) groups is 1. The summed E-state index contributed by atoms with van der Waals surface area (Å²) in [5.74, 6) is 0. The first kappa shape index (κ1) is 31.9. The molecule has 28 heavy (non-hydrogen) atoms. The summed E-state index contributed by atoms with van der Waals surface area (Å²) < 4.78 is 1.24. The van der Waals surface area contributed by atoms with Gasteiger partial charge in [-0.3, -0.25) is 0 Å². The van der Waals surface area contributed by atoms with Crippen molar-refractivity contribution >= 4 is 6.16 Å². The van der Waals surface area contributed by atoms with Crippen molar-refractivity contribution in [1.29, 1.82) is 0 Å². The fraction of sp³-hybridized carbons (Fsp3) is 0.957. The lowest BCUT2D eigenvalue weighted by molar-refractivity contribution is -0.890. The van der Waals surface area contributed by atoms with Crippen LogP contribution in [0.25, 0.3) is 0 Å². The van der Waals surface area contributed by atoms with Gasteiger partial charge >= 0.3 is 0 Å². The standard InChI is InChI=1S/C22H48N.CH2O3.H3N/c1-5-7-9-11-13-15-17-19-21-23(3,4)22-20-18-16-14-12-10-8-6-2;2-1(3)4;/h5-22H2,1-4H3;(H2,2,3,4);1H3/q+1;;/p-1. The number of unbranched alkanes of at least 4 members (excludes halogenated alkanes) is 14. The van der Waals surface area contributed by atoms with Crippen molar-refractivity contribution < 1.29 is 19.5 Å². The van der Waals surface area contributed by atoms with Gasteiger partial charge in [0.1, 0.15) is 0 Å². The molecule has 0 fully saturated rings. The highest BCUT2D eigenvalue weighted by Gasteiger charge is 2.13. The molecule has 0 aliphatic rings. The maximum atomic E-state index is 8.44. The Morgan fingerprint density at radius 2 is 0.857 bits per heavy atom. The first-order chi connectivity index (χ1) is 12.9. The molecule has 4 N–H and O–H groups in total. The first-order valence-electron chi connectivity index (χ1n) is 11.6. The molecule has 0 saturated heterocycles. The Labute approximate surface area is 176 Å². The molecule has 172 valence electrons. The summed E-state index contributed by atoms with van der Waals surface area (Å²) in [6.07, 6.45) is 21.0. The largest absolute Gasteiger partial charge is 0.565 e. The first-order valence-corrected chi connectivity index (χ1v) is 11.6. The maximum Gasteiger partial charge on any atom is 0.249 e. The Bertz CT molecular complexity index is 284. The summed E-state index contributed by atoms with van der Waals surface area (Å²) in [4.78, 5) is 8.44. The summed E-state index contributed by atoms with van der Waals surface area (Å²) in [5, 5.41) is 15.3. The van der Waals surface area contributed by atoms with E-state index in [0.29, 0.717) is 0 Å². The average molecular weight is 405 g/mol. The SMILES string of the molecule is CCCCCCCCCC[N+](C)(C)CCCCCCCCCC.N.O=C([O-])O. The van der Waals surface area contributed by atoms with E-state index in [9.17, 15) is 0 Å². The quantitative estimate of drug-likeness (QED) is 0.204. The van der Waals surface area contributed by atoms with Gasteiger partial charge < -0.3 is 25.6 Å². The summed E-state index contributed by atoms with van der Waals surface area (Å²) in [6, 6.07) is 0. The average Bonchev–Trinajstić information content (AvgIpc) is 2.59. The Balaban J connectivity index is -0.00000113. The van der Waals surface area contributed by atoms with Gasteiger partial charge in [-0.05, 0) is 25.7 Å². The Hall–Kier alpha value is -0.810. The van der Waals surface area contributed by atoms with Gasteiger partial charge in [0.15, 0.2) is 0 Å². The molecule has 0 amide bonds. The minimum Gasteiger partial charge on any atom is -0.565 e. The van der Waals surface area contributed by atoms with E-state index in [1.54, 1.807) is 0 Å². The minimum absolute atomic E-state index is 0. The fourth-order valence-electron chi connectivity index (χ4n) is 3.46. The van der Waals surface area contributed by atoms with Crippen molar-refractivity contribution in [2.75, 3.05) is 27.2 Å². The lowest BCUT2D eigenvalue weighted by Gasteiger charge is -2.30. The van der Waals surface area contributed by atoms with Crippen LogP contribution in [-0.4, -0.2) is 42.9 Å². The van der Waals surface area contributed by atoms with E-state index in [1.165, 1.54) is 120 Å². The predicted molar refractivity (Wildman–Crippen MR) is 120 cm³/mol. The van der Waals surface area contributed by atoms with Crippen molar-refractivity contribution in [2.45, 2.75) is 117 Å². The van der Waals surface area contributed by atoms with Gasteiger partial charge in [-0.2, -0.15) is 0 Å². The number of quaternary nitrogens is 1. The second-order valence-electron chi connectivity index (χ2n) is 8.60. The highest BCUT2D eigenvalue weighted by molar-refractivity contribution is 5.50. The fourth-order valence-corrected chi connectivity index (χ4v) is 3.46. The molecule has 0 radical (unpaired) electrons. The summed E-state index contributed by atoms with van der Waals surface area (Å²) in [7, 11) is 4.87. The van der Waals surface area contributed by atoms with Crippen LogP contribution in [0.1, 0.15) is 117 Å². The zero-order chi connectivity index (χ0) is 20.8. The van der Waals surface area contributed by atoms with E-state index >= 15 is 0 Å². The second kappa shape index (κ2) is 24.2. The van der Waals surface area contributed by atoms with Crippen LogP contribution in [0.5, 0.6) is 0 Å². The second-order valence-corrected chi connectivity index (χ2v) is 8.60. The summed E-state index contributed by atoms with van der Waals surface area (Å²) in [5.41, 5.74) is 0. The molecular weight excluding hydrogens is 352 g/mol. The van der Waals surface area contributed by atoms with Crippen molar-refractivity contribution in [3.63, 3.8) is 0 Å². The van der Waals surface area contributed by atoms with E-state index in [4.69, 9.17) is 15.0 Å². The van der Waals surface area contributed by atoms with Crippen LogP contribution in [0.4, 0.5) is 4.79 Å². The topological polar surface area (TPSA) is 95.4 Å². The number of hydrogen-bond donors (Lipinski definition) is 2. The molecule has 0 unspecified atom stereocenters. The van der Waals surface area contributed by atoms with Crippen molar-refractivity contribution in [3.8, 4) is 0 Å². The molecule has 0 aliphatic heterocycles. The van der Waals surface area contributed by atoms with E-state index in [1.807, 2.05) is 0 Å². The molecule has 5 nitrogen and oxygen atoms in total. The molecule has 0 aromatic carbocycles. The number of rotatable bonds is 18. The molecule has 0 heterocycles. The molecule has 0 aromatic rings. The third-order valence-corrected chi connectivity index (χ3v) is 5.23. The molecule has 0 rings (SSSR count). The van der Waals surface area contributed by atoms with Gasteiger partial charge in [0.25, 0.3) is 0 Å². The molecule has 0 atom stereocenters. The van der Waals surface area contributed by atoms with Crippen molar-refractivity contribution in [3.05, 3.63) is 0 Å². The van der Waals surface area contributed by atoms with Gasteiger partial charge in [0.05, 0.1) is 27.2 Å². The van der Waals surface area contributed by atoms with Crippen LogP contribution in [0.2, 0.25) is 0 Å². The maximum absolute atomic E-state index is 8.44. The van der Waals surface area contributed by atoms with Gasteiger partial charge in [-0.15, -0.1) is 0 Å². The van der Waals surface area contributed by atoms with Crippen molar-refractivity contribution in [2.24, 2.45) is 0 Å². The van der Waals surface area contributed by atoms with Gasteiger partial charge in [-0.1, -0.05) is 90.9 Å². The highest BCUT2D eigenvalue weighted by atomic mass is 16.6. The number of nitrogens with zero attached hydrogens (tertiary/aromatic N) is 1.